The van der Waals surface area contributed by atoms with Gasteiger partial charge in [0, 0.05) is 19.1 Å². The van der Waals surface area contributed by atoms with Gasteiger partial charge in [-0.05, 0) is 39.9 Å². The van der Waals surface area contributed by atoms with Crippen molar-refractivity contribution >= 4 is 17.5 Å². The van der Waals surface area contributed by atoms with Gasteiger partial charge in [-0.25, -0.2) is 9.78 Å². The fraction of sp³-hybridized carbons (Fsp3) is 0.600. The quantitative estimate of drug-likeness (QED) is 0.827. The SMILES string of the molecule is CCOC(=O)c1cc(N2CCCC2CN(C)C)ncc1N. The smallest absolute Gasteiger partial charge is 0.340 e. The Balaban J connectivity index is 2.23. The summed E-state index contributed by atoms with van der Waals surface area (Å²) in [6.07, 6.45) is 3.82. The fourth-order valence-electron chi connectivity index (χ4n) is 2.75. The zero-order chi connectivity index (χ0) is 15.4. The molecule has 2 rings (SSSR count). The lowest BCUT2D eigenvalue weighted by atomic mass is 10.2. The van der Waals surface area contributed by atoms with E-state index in [2.05, 4.69) is 28.9 Å². The summed E-state index contributed by atoms with van der Waals surface area (Å²) < 4.78 is 5.04. The topological polar surface area (TPSA) is 71.7 Å². The first-order chi connectivity index (χ1) is 10.0. The monoisotopic (exact) mass is 292 g/mol. The molecule has 21 heavy (non-hydrogen) atoms. The van der Waals surface area contributed by atoms with Crippen molar-refractivity contribution in [3.63, 3.8) is 0 Å². The number of rotatable bonds is 5. The Morgan fingerprint density at radius 1 is 1.57 bits per heavy atom. The zero-order valence-electron chi connectivity index (χ0n) is 13.0. The first-order valence-electron chi connectivity index (χ1n) is 7.37. The molecular formula is C15H24N4O2. The van der Waals surface area contributed by atoms with Crippen LogP contribution in [0.1, 0.15) is 30.1 Å². The van der Waals surface area contributed by atoms with Gasteiger partial charge in [-0.1, -0.05) is 0 Å². The van der Waals surface area contributed by atoms with Gasteiger partial charge in [0.2, 0.25) is 0 Å². The molecule has 0 amide bonds. The van der Waals surface area contributed by atoms with Gasteiger partial charge in [0.1, 0.15) is 5.82 Å². The fourth-order valence-corrected chi connectivity index (χ4v) is 2.75. The molecule has 6 nitrogen and oxygen atoms in total. The first kappa shape index (κ1) is 15.6. The van der Waals surface area contributed by atoms with E-state index in [0.717, 1.165) is 31.7 Å². The lowest BCUT2D eigenvalue weighted by Gasteiger charge is -2.28. The van der Waals surface area contributed by atoms with Crippen molar-refractivity contribution in [1.82, 2.24) is 9.88 Å². The van der Waals surface area contributed by atoms with Gasteiger partial charge in [-0.15, -0.1) is 0 Å². The number of nitrogens with two attached hydrogens (primary N) is 1. The molecule has 1 unspecified atom stereocenters. The van der Waals surface area contributed by atoms with Crippen molar-refractivity contribution in [2.24, 2.45) is 0 Å². The molecule has 0 bridgehead atoms. The van der Waals surface area contributed by atoms with E-state index < -0.39 is 0 Å². The molecule has 1 aromatic heterocycles. The minimum Gasteiger partial charge on any atom is -0.462 e. The average molecular weight is 292 g/mol. The van der Waals surface area contributed by atoms with Crippen molar-refractivity contribution < 1.29 is 9.53 Å². The van der Waals surface area contributed by atoms with Gasteiger partial charge >= 0.3 is 5.97 Å². The number of esters is 1. The van der Waals surface area contributed by atoms with Crippen LogP contribution in [0.25, 0.3) is 0 Å². The highest BCUT2D eigenvalue weighted by Crippen LogP contribution is 2.26. The summed E-state index contributed by atoms with van der Waals surface area (Å²) in [5.74, 6) is 0.415. The summed E-state index contributed by atoms with van der Waals surface area (Å²) in [6, 6.07) is 2.17. The summed E-state index contributed by atoms with van der Waals surface area (Å²) >= 11 is 0. The molecule has 1 aliphatic heterocycles. The number of aromatic nitrogens is 1. The van der Waals surface area contributed by atoms with E-state index in [1.54, 1.807) is 19.2 Å². The molecule has 6 heteroatoms. The minimum absolute atomic E-state index is 0.336. The molecular weight excluding hydrogens is 268 g/mol. The predicted molar refractivity (Wildman–Crippen MR) is 83.5 cm³/mol. The number of pyridine rings is 1. The summed E-state index contributed by atoms with van der Waals surface area (Å²) in [5, 5.41) is 0. The van der Waals surface area contributed by atoms with Crippen molar-refractivity contribution in [3.8, 4) is 0 Å². The third-order valence-electron chi connectivity index (χ3n) is 3.66. The van der Waals surface area contributed by atoms with Crippen molar-refractivity contribution in [2.45, 2.75) is 25.8 Å². The highest BCUT2D eigenvalue weighted by Gasteiger charge is 2.27. The van der Waals surface area contributed by atoms with E-state index >= 15 is 0 Å². The molecule has 0 aromatic carbocycles. The van der Waals surface area contributed by atoms with Crippen LogP contribution in [0.5, 0.6) is 0 Å². The normalized spacial score (nSPS) is 18.3. The predicted octanol–water partition coefficient (Wildman–Crippen LogP) is 1.37. The van der Waals surface area contributed by atoms with E-state index in [1.807, 2.05) is 0 Å². The second kappa shape index (κ2) is 6.76. The summed E-state index contributed by atoms with van der Waals surface area (Å²) in [7, 11) is 4.13. The lowest BCUT2D eigenvalue weighted by Crippen LogP contribution is -2.38. The maximum atomic E-state index is 11.9. The molecule has 1 fully saturated rings. The van der Waals surface area contributed by atoms with Crippen molar-refractivity contribution in [3.05, 3.63) is 17.8 Å². The number of likely N-dealkylation sites (N-methyl/N-ethyl adjacent to an activating group) is 1. The molecule has 0 radical (unpaired) electrons. The Morgan fingerprint density at radius 2 is 2.33 bits per heavy atom. The van der Waals surface area contributed by atoms with E-state index in [4.69, 9.17) is 10.5 Å². The average Bonchev–Trinajstić information content (AvgIpc) is 2.87. The summed E-state index contributed by atoms with van der Waals surface area (Å²) in [6.45, 7) is 4.05. The van der Waals surface area contributed by atoms with Gasteiger partial charge in [0.15, 0.2) is 0 Å². The van der Waals surface area contributed by atoms with Crippen LogP contribution >= 0.6 is 0 Å². The number of carbonyl (C=O) groups is 1. The zero-order valence-corrected chi connectivity index (χ0v) is 13.0. The molecule has 116 valence electrons. The van der Waals surface area contributed by atoms with Gasteiger partial charge in [-0.3, -0.25) is 0 Å². The van der Waals surface area contributed by atoms with Crippen molar-refractivity contribution in [2.75, 3.05) is 44.4 Å². The standard InChI is InChI=1S/C15H24N4O2/c1-4-21-15(20)12-8-14(17-9-13(12)16)19-7-5-6-11(19)10-18(2)3/h8-9,11H,4-7,10,16H2,1-3H3. The minimum atomic E-state index is -0.387. The lowest BCUT2D eigenvalue weighted by molar-refractivity contribution is 0.0527. The number of nitrogens with zero attached hydrogens (tertiary/aromatic N) is 3. The Bertz CT molecular complexity index is 504. The third-order valence-corrected chi connectivity index (χ3v) is 3.66. The first-order valence-corrected chi connectivity index (χ1v) is 7.37. The molecule has 2 heterocycles. The van der Waals surface area contributed by atoms with Gasteiger partial charge in [-0.2, -0.15) is 0 Å². The molecule has 1 aromatic rings. The number of hydrogen-bond acceptors (Lipinski definition) is 6. The van der Waals surface area contributed by atoms with Crippen LogP contribution in [0, 0.1) is 0 Å². The van der Waals surface area contributed by atoms with Crippen LogP contribution in [0.15, 0.2) is 12.3 Å². The highest BCUT2D eigenvalue weighted by atomic mass is 16.5. The number of anilines is 2. The Hall–Kier alpha value is -1.82. The molecule has 0 aliphatic carbocycles. The van der Waals surface area contributed by atoms with E-state index in [9.17, 15) is 4.79 Å². The number of nitrogen functional groups attached to an aromatic ring is 1. The van der Waals surface area contributed by atoms with E-state index in [1.165, 1.54) is 0 Å². The van der Waals surface area contributed by atoms with Crippen LogP contribution in [0.2, 0.25) is 0 Å². The molecule has 1 atom stereocenters. The van der Waals surface area contributed by atoms with Gasteiger partial charge in [0.05, 0.1) is 24.1 Å². The van der Waals surface area contributed by atoms with Gasteiger partial charge < -0.3 is 20.3 Å². The van der Waals surface area contributed by atoms with Crippen LogP contribution in [0.3, 0.4) is 0 Å². The van der Waals surface area contributed by atoms with Crippen LogP contribution in [0.4, 0.5) is 11.5 Å². The molecule has 1 aliphatic rings. The molecule has 2 N–H and O–H groups in total. The molecule has 0 spiro atoms. The second-order valence-electron chi connectivity index (χ2n) is 5.60. The maximum absolute atomic E-state index is 11.9. The molecule has 0 saturated carbocycles. The highest BCUT2D eigenvalue weighted by molar-refractivity contribution is 5.95. The summed E-state index contributed by atoms with van der Waals surface area (Å²) in [5.41, 5.74) is 6.61. The number of carbonyl (C=O) groups excluding carboxylic acids is 1. The van der Waals surface area contributed by atoms with Crippen molar-refractivity contribution in [1.29, 1.82) is 0 Å². The van der Waals surface area contributed by atoms with Gasteiger partial charge in [0.25, 0.3) is 0 Å². The largest absolute Gasteiger partial charge is 0.462 e. The number of hydrogen-bond donors (Lipinski definition) is 1. The van der Waals surface area contributed by atoms with Crippen LogP contribution in [-0.2, 0) is 4.74 Å². The second-order valence-corrected chi connectivity index (χ2v) is 5.60. The van der Waals surface area contributed by atoms with Crippen LogP contribution in [-0.4, -0.2) is 55.7 Å². The van der Waals surface area contributed by atoms with E-state index in [-0.39, 0.29) is 5.97 Å². The van der Waals surface area contributed by atoms with Crippen LogP contribution < -0.4 is 10.6 Å². The molecule has 1 saturated heterocycles. The Labute approximate surface area is 125 Å². The number of ether oxygens (including phenoxy) is 1. The maximum Gasteiger partial charge on any atom is 0.340 e. The Kier molecular flexibility index (Phi) is 5.01. The summed E-state index contributed by atoms with van der Waals surface area (Å²) in [4.78, 5) is 20.8. The van der Waals surface area contributed by atoms with E-state index in [0.29, 0.717) is 23.9 Å². The third kappa shape index (κ3) is 3.64. The Morgan fingerprint density at radius 3 is 3.00 bits per heavy atom.